The number of rotatable bonds is 5. The SMILES string of the molecule is C=CC(=O)NC1C(C)(C)CN(S(=O)(=O)c2ccc(-n3cccn3)cc2)CC1(C)C. The van der Waals surface area contributed by atoms with Gasteiger partial charge in [-0.1, -0.05) is 34.3 Å². The maximum atomic E-state index is 13.3. The molecule has 8 heteroatoms. The molecule has 1 amide bonds. The highest BCUT2D eigenvalue weighted by Gasteiger charge is 2.50. The average molecular weight is 417 g/mol. The van der Waals surface area contributed by atoms with Crippen LogP contribution in [0, 0.1) is 10.8 Å². The third-order valence-electron chi connectivity index (χ3n) is 5.45. The van der Waals surface area contributed by atoms with Gasteiger partial charge in [0.1, 0.15) is 0 Å². The Morgan fingerprint density at radius 2 is 1.76 bits per heavy atom. The lowest BCUT2D eigenvalue weighted by Crippen LogP contribution is -2.64. The molecule has 1 aromatic carbocycles. The highest BCUT2D eigenvalue weighted by atomic mass is 32.2. The quantitative estimate of drug-likeness (QED) is 0.760. The Labute approximate surface area is 172 Å². The number of nitrogens with one attached hydrogen (secondary N) is 1. The van der Waals surface area contributed by atoms with Crippen molar-refractivity contribution in [1.29, 1.82) is 0 Å². The molecule has 156 valence electrons. The van der Waals surface area contributed by atoms with Gasteiger partial charge in [-0.05, 0) is 47.2 Å². The molecule has 0 unspecified atom stereocenters. The van der Waals surface area contributed by atoms with Gasteiger partial charge in [0.05, 0.1) is 10.6 Å². The fourth-order valence-electron chi connectivity index (χ4n) is 4.31. The van der Waals surface area contributed by atoms with E-state index < -0.39 is 20.9 Å². The second-order valence-electron chi connectivity index (χ2n) is 8.84. The Balaban J connectivity index is 1.88. The third-order valence-corrected chi connectivity index (χ3v) is 7.25. The highest BCUT2D eigenvalue weighted by Crippen LogP contribution is 2.42. The molecule has 2 heterocycles. The number of carbonyl (C=O) groups excluding carboxylic acids is 1. The van der Waals surface area contributed by atoms with E-state index in [9.17, 15) is 13.2 Å². The van der Waals surface area contributed by atoms with Gasteiger partial charge >= 0.3 is 0 Å². The molecule has 0 bridgehead atoms. The number of benzene rings is 1. The minimum atomic E-state index is -3.68. The molecular weight excluding hydrogens is 388 g/mol. The normalized spacial score (nSPS) is 19.6. The number of hydrogen-bond acceptors (Lipinski definition) is 4. The lowest BCUT2D eigenvalue weighted by atomic mass is 9.67. The van der Waals surface area contributed by atoms with Crippen LogP contribution in [0.3, 0.4) is 0 Å². The molecule has 2 aromatic rings. The zero-order valence-corrected chi connectivity index (χ0v) is 18.1. The van der Waals surface area contributed by atoms with Gasteiger partial charge < -0.3 is 5.32 Å². The number of sulfonamides is 1. The van der Waals surface area contributed by atoms with Crippen LogP contribution in [-0.4, -0.2) is 47.5 Å². The van der Waals surface area contributed by atoms with E-state index in [0.717, 1.165) is 5.69 Å². The van der Waals surface area contributed by atoms with Gasteiger partial charge in [0.15, 0.2) is 0 Å². The van der Waals surface area contributed by atoms with E-state index in [0.29, 0.717) is 13.1 Å². The van der Waals surface area contributed by atoms with E-state index in [1.165, 1.54) is 10.4 Å². The van der Waals surface area contributed by atoms with Crippen molar-refractivity contribution in [3.05, 3.63) is 55.4 Å². The molecule has 0 atom stereocenters. The Bertz CT molecular complexity index is 975. The summed E-state index contributed by atoms with van der Waals surface area (Å²) in [6, 6.07) is 8.33. The number of aromatic nitrogens is 2. The predicted molar refractivity (Wildman–Crippen MR) is 112 cm³/mol. The van der Waals surface area contributed by atoms with E-state index in [1.54, 1.807) is 41.3 Å². The first kappa shape index (κ1) is 21.3. The van der Waals surface area contributed by atoms with Crippen LogP contribution in [-0.2, 0) is 14.8 Å². The van der Waals surface area contributed by atoms with E-state index in [4.69, 9.17) is 0 Å². The van der Waals surface area contributed by atoms with Gasteiger partial charge in [-0.25, -0.2) is 13.1 Å². The fourth-order valence-corrected chi connectivity index (χ4v) is 6.09. The average Bonchev–Trinajstić information content (AvgIpc) is 3.18. The molecule has 29 heavy (non-hydrogen) atoms. The summed E-state index contributed by atoms with van der Waals surface area (Å²) >= 11 is 0. The maximum Gasteiger partial charge on any atom is 0.243 e. The number of amides is 1. The lowest BCUT2D eigenvalue weighted by Gasteiger charge is -2.52. The third kappa shape index (κ3) is 4.13. The fraction of sp³-hybridized carbons (Fsp3) is 0.429. The minimum absolute atomic E-state index is 0.186. The van der Waals surface area contributed by atoms with Gasteiger partial charge in [0, 0.05) is 31.5 Å². The number of hydrogen-bond donors (Lipinski definition) is 1. The zero-order valence-electron chi connectivity index (χ0n) is 17.3. The molecule has 7 nitrogen and oxygen atoms in total. The molecule has 1 aliphatic heterocycles. The standard InChI is InChI=1S/C21H28N4O3S/c1-6-18(26)23-19-20(2,3)14-24(15-21(19,4)5)29(27,28)17-10-8-16(9-11-17)25-13-7-12-22-25/h6-13,19H,1,14-15H2,2-5H3,(H,23,26). The van der Waals surface area contributed by atoms with Gasteiger partial charge in [-0.3, -0.25) is 4.79 Å². The van der Waals surface area contributed by atoms with Crippen molar-refractivity contribution in [2.24, 2.45) is 10.8 Å². The molecule has 0 aliphatic carbocycles. The molecular formula is C21H28N4O3S. The Hall–Kier alpha value is -2.45. The first-order valence-electron chi connectivity index (χ1n) is 9.50. The summed E-state index contributed by atoms with van der Waals surface area (Å²) in [4.78, 5) is 12.2. The van der Waals surface area contributed by atoms with Gasteiger partial charge in [-0.15, -0.1) is 0 Å². The summed E-state index contributed by atoms with van der Waals surface area (Å²) in [5.41, 5.74) is -0.120. The molecule has 1 aliphatic rings. The number of carbonyl (C=O) groups is 1. The van der Waals surface area contributed by atoms with E-state index in [1.807, 2.05) is 33.8 Å². The van der Waals surface area contributed by atoms with Crippen LogP contribution in [0.25, 0.3) is 5.69 Å². The Kier molecular flexibility index (Phi) is 5.44. The van der Waals surface area contributed by atoms with E-state index in [-0.39, 0.29) is 16.8 Å². The first-order valence-corrected chi connectivity index (χ1v) is 10.9. The maximum absolute atomic E-state index is 13.3. The minimum Gasteiger partial charge on any atom is -0.349 e. The van der Waals surface area contributed by atoms with Gasteiger partial charge in [0.2, 0.25) is 15.9 Å². The van der Waals surface area contributed by atoms with Crippen molar-refractivity contribution in [3.8, 4) is 5.69 Å². The van der Waals surface area contributed by atoms with Crippen molar-refractivity contribution < 1.29 is 13.2 Å². The Morgan fingerprint density at radius 1 is 1.17 bits per heavy atom. The van der Waals surface area contributed by atoms with Crippen molar-refractivity contribution in [2.45, 2.75) is 38.6 Å². The van der Waals surface area contributed by atoms with Crippen LogP contribution in [0.4, 0.5) is 0 Å². The first-order chi connectivity index (χ1) is 13.5. The van der Waals surface area contributed by atoms with E-state index in [2.05, 4.69) is 17.0 Å². The summed E-state index contributed by atoms with van der Waals surface area (Å²) < 4.78 is 29.9. The van der Waals surface area contributed by atoms with Gasteiger partial charge in [0.25, 0.3) is 0 Å². The second kappa shape index (κ2) is 7.42. The van der Waals surface area contributed by atoms with E-state index >= 15 is 0 Å². The van der Waals surface area contributed by atoms with Crippen molar-refractivity contribution in [2.75, 3.05) is 13.1 Å². The summed E-state index contributed by atoms with van der Waals surface area (Å²) in [6.07, 6.45) is 4.72. The largest absolute Gasteiger partial charge is 0.349 e. The summed E-state index contributed by atoms with van der Waals surface area (Å²) in [6.45, 7) is 12.0. The molecule has 1 saturated heterocycles. The van der Waals surface area contributed by atoms with Crippen LogP contribution < -0.4 is 5.32 Å². The number of piperidine rings is 1. The molecule has 0 spiro atoms. The second-order valence-corrected chi connectivity index (χ2v) is 10.8. The van der Waals surface area contributed by atoms with Gasteiger partial charge in [-0.2, -0.15) is 9.40 Å². The molecule has 1 aromatic heterocycles. The van der Waals surface area contributed by atoms with Crippen LogP contribution in [0.1, 0.15) is 27.7 Å². The zero-order chi connectivity index (χ0) is 21.4. The van der Waals surface area contributed by atoms with Crippen molar-refractivity contribution >= 4 is 15.9 Å². The molecule has 1 fully saturated rings. The molecule has 0 radical (unpaired) electrons. The molecule has 0 saturated carbocycles. The molecule has 1 N–H and O–H groups in total. The van der Waals surface area contributed by atoms with Crippen LogP contribution >= 0.6 is 0 Å². The monoisotopic (exact) mass is 416 g/mol. The molecule has 3 rings (SSSR count). The summed E-state index contributed by atoms with van der Waals surface area (Å²) in [5.74, 6) is -0.248. The predicted octanol–water partition coefficient (Wildman–Crippen LogP) is 2.60. The van der Waals surface area contributed by atoms with Crippen LogP contribution in [0.2, 0.25) is 0 Å². The van der Waals surface area contributed by atoms with Crippen molar-refractivity contribution in [1.82, 2.24) is 19.4 Å². The summed E-state index contributed by atoms with van der Waals surface area (Å²) in [5, 5.41) is 7.16. The van der Waals surface area contributed by atoms with Crippen molar-refractivity contribution in [3.63, 3.8) is 0 Å². The topological polar surface area (TPSA) is 84.3 Å². The number of nitrogens with zero attached hydrogens (tertiary/aromatic N) is 3. The smallest absolute Gasteiger partial charge is 0.243 e. The van der Waals surface area contributed by atoms with Crippen LogP contribution in [0.5, 0.6) is 0 Å². The lowest BCUT2D eigenvalue weighted by molar-refractivity contribution is -0.120. The Morgan fingerprint density at radius 3 is 2.24 bits per heavy atom. The summed E-state index contributed by atoms with van der Waals surface area (Å²) in [7, 11) is -3.68. The highest BCUT2D eigenvalue weighted by molar-refractivity contribution is 7.89. The van der Waals surface area contributed by atoms with Crippen LogP contribution in [0.15, 0.2) is 60.3 Å².